The van der Waals surface area contributed by atoms with E-state index < -0.39 is 0 Å². The van der Waals surface area contributed by atoms with Gasteiger partial charge in [-0.2, -0.15) is 0 Å². The molecule has 0 amide bonds. The normalized spacial score (nSPS) is 16.9. The molecule has 100 valence electrons. The van der Waals surface area contributed by atoms with Gasteiger partial charge in [0.1, 0.15) is 0 Å². The van der Waals surface area contributed by atoms with Crippen molar-refractivity contribution >= 4 is 26.8 Å². The van der Waals surface area contributed by atoms with E-state index in [1.54, 1.807) is 0 Å². The third-order valence-corrected chi connectivity index (χ3v) is 4.20. The number of hydrogen-bond donors (Lipinski definition) is 1. The Labute approximate surface area is 122 Å². The van der Waals surface area contributed by atoms with Crippen LogP contribution >= 0.6 is 15.9 Å². The second kappa shape index (κ2) is 5.99. The molecule has 1 aliphatic heterocycles. The zero-order valence-electron chi connectivity index (χ0n) is 10.9. The molecule has 0 radical (unpaired) electrons. The maximum atomic E-state index is 4.44. The summed E-state index contributed by atoms with van der Waals surface area (Å²) < 4.78 is 1.09. The molecule has 0 saturated carbocycles. The van der Waals surface area contributed by atoms with E-state index in [0.717, 1.165) is 49.1 Å². The lowest BCUT2D eigenvalue weighted by Gasteiger charge is -2.27. The first-order chi connectivity index (χ1) is 9.33. The predicted octanol–water partition coefficient (Wildman–Crippen LogP) is 2.45. The van der Waals surface area contributed by atoms with Gasteiger partial charge in [-0.15, -0.1) is 0 Å². The number of benzene rings is 1. The van der Waals surface area contributed by atoms with Gasteiger partial charge >= 0.3 is 0 Å². The van der Waals surface area contributed by atoms with E-state index in [9.17, 15) is 0 Å². The molecule has 1 aromatic carbocycles. The van der Waals surface area contributed by atoms with Crippen molar-refractivity contribution < 1.29 is 0 Å². The number of hydrogen-bond acceptors (Lipinski definition) is 3. The molecule has 2 aromatic rings. The highest BCUT2D eigenvalue weighted by Crippen LogP contribution is 2.21. The number of pyridine rings is 1. The van der Waals surface area contributed by atoms with Crippen molar-refractivity contribution in [1.29, 1.82) is 0 Å². The molecule has 1 aromatic heterocycles. The van der Waals surface area contributed by atoms with Gasteiger partial charge < -0.3 is 10.2 Å². The summed E-state index contributed by atoms with van der Waals surface area (Å²) in [5.41, 5.74) is 2.48. The third-order valence-electron chi connectivity index (χ3n) is 3.70. The predicted molar refractivity (Wildman–Crippen MR) is 82.5 cm³/mol. The SMILES string of the molecule is Brc1ccc2c(CCN3CCNCC3)ccnc2c1. The third kappa shape index (κ3) is 3.14. The molecule has 3 nitrogen and oxygen atoms in total. The van der Waals surface area contributed by atoms with Crippen LogP contribution in [0, 0.1) is 0 Å². The lowest BCUT2D eigenvalue weighted by molar-refractivity contribution is 0.244. The van der Waals surface area contributed by atoms with E-state index in [1.807, 2.05) is 6.20 Å². The maximum Gasteiger partial charge on any atom is 0.0715 e. The smallest absolute Gasteiger partial charge is 0.0715 e. The summed E-state index contributed by atoms with van der Waals surface area (Å²) >= 11 is 3.50. The summed E-state index contributed by atoms with van der Waals surface area (Å²) in [4.78, 5) is 6.97. The van der Waals surface area contributed by atoms with Gasteiger partial charge in [0, 0.05) is 48.8 Å². The Morgan fingerprint density at radius 3 is 2.89 bits per heavy atom. The molecule has 1 fully saturated rings. The fourth-order valence-corrected chi connectivity index (χ4v) is 2.96. The molecule has 1 N–H and O–H groups in total. The Morgan fingerprint density at radius 1 is 1.21 bits per heavy atom. The molecule has 0 aliphatic carbocycles. The van der Waals surface area contributed by atoms with Crippen molar-refractivity contribution in [2.75, 3.05) is 32.7 Å². The molecule has 0 spiro atoms. The first kappa shape index (κ1) is 13.0. The molecule has 0 atom stereocenters. The van der Waals surface area contributed by atoms with Crippen LogP contribution in [0.1, 0.15) is 5.56 Å². The summed E-state index contributed by atoms with van der Waals surface area (Å²) in [6.07, 6.45) is 3.02. The van der Waals surface area contributed by atoms with Gasteiger partial charge in [0.2, 0.25) is 0 Å². The van der Waals surface area contributed by atoms with Crippen LogP contribution in [0.2, 0.25) is 0 Å². The van der Waals surface area contributed by atoms with Gasteiger partial charge in [0.15, 0.2) is 0 Å². The highest BCUT2D eigenvalue weighted by molar-refractivity contribution is 9.10. The summed E-state index contributed by atoms with van der Waals surface area (Å²) in [6, 6.07) is 8.50. The van der Waals surface area contributed by atoms with E-state index >= 15 is 0 Å². The van der Waals surface area contributed by atoms with Crippen molar-refractivity contribution in [2.24, 2.45) is 0 Å². The molecule has 19 heavy (non-hydrogen) atoms. The highest BCUT2D eigenvalue weighted by Gasteiger charge is 2.10. The van der Waals surface area contributed by atoms with Crippen LogP contribution in [-0.2, 0) is 6.42 Å². The average molecular weight is 320 g/mol. The first-order valence-corrected chi connectivity index (χ1v) is 7.58. The minimum absolute atomic E-state index is 1.08. The van der Waals surface area contributed by atoms with E-state index in [2.05, 4.69) is 55.4 Å². The van der Waals surface area contributed by atoms with Crippen LogP contribution in [0.5, 0.6) is 0 Å². The Balaban J connectivity index is 1.76. The topological polar surface area (TPSA) is 28.2 Å². The quantitative estimate of drug-likeness (QED) is 0.942. The number of halogens is 1. The lowest BCUT2D eigenvalue weighted by Crippen LogP contribution is -2.44. The van der Waals surface area contributed by atoms with E-state index in [0.29, 0.717) is 0 Å². The van der Waals surface area contributed by atoms with Crippen molar-refractivity contribution in [3.05, 3.63) is 40.5 Å². The fraction of sp³-hybridized carbons (Fsp3) is 0.400. The zero-order chi connectivity index (χ0) is 13.1. The van der Waals surface area contributed by atoms with Crippen molar-refractivity contribution in [3.8, 4) is 0 Å². The second-order valence-electron chi connectivity index (χ2n) is 4.97. The van der Waals surface area contributed by atoms with Crippen LogP contribution in [0.4, 0.5) is 0 Å². The summed E-state index contributed by atoms with van der Waals surface area (Å²) in [7, 11) is 0. The number of nitrogens with one attached hydrogen (secondary N) is 1. The van der Waals surface area contributed by atoms with Crippen LogP contribution in [-0.4, -0.2) is 42.6 Å². The van der Waals surface area contributed by atoms with Crippen LogP contribution in [0.25, 0.3) is 10.9 Å². The van der Waals surface area contributed by atoms with Crippen LogP contribution in [0.15, 0.2) is 34.9 Å². The van der Waals surface area contributed by atoms with Crippen LogP contribution < -0.4 is 5.32 Å². The largest absolute Gasteiger partial charge is 0.314 e. The molecule has 0 bridgehead atoms. The summed E-state index contributed by atoms with van der Waals surface area (Å²) in [5, 5.41) is 4.67. The standard InChI is InChI=1S/C15H18BrN3/c16-13-1-2-14-12(3-5-18-15(14)11-13)4-8-19-9-6-17-7-10-19/h1-3,5,11,17H,4,6-10H2. The minimum atomic E-state index is 1.08. The summed E-state index contributed by atoms with van der Waals surface area (Å²) in [6.45, 7) is 5.69. The second-order valence-corrected chi connectivity index (χ2v) is 5.89. The monoisotopic (exact) mass is 319 g/mol. The molecule has 1 saturated heterocycles. The molecule has 1 aliphatic rings. The Hall–Kier alpha value is -0.970. The Bertz CT molecular complexity index is 564. The Morgan fingerprint density at radius 2 is 2.05 bits per heavy atom. The fourth-order valence-electron chi connectivity index (χ4n) is 2.61. The van der Waals surface area contributed by atoms with Crippen molar-refractivity contribution in [3.63, 3.8) is 0 Å². The maximum absolute atomic E-state index is 4.44. The van der Waals surface area contributed by atoms with E-state index in [-0.39, 0.29) is 0 Å². The number of piperazine rings is 1. The van der Waals surface area contributed by atoms with Crippen molar-refractivity contribution in [1.82, 2.24) is 15.2 Å². The molecule has 4 heteroatoms. The molecule has 3 rings (SSSR count). The number of aromatic nitrogens is 1. The molecule has 2 heterocycles. The van der Waals surface area contributed by atoms with Gasteiger partial charge in [-0.05, 0) is 30.2 Å². The van der Waals surface area contributed by atoms with E-state index in [4.69, 9.17) is 0 Å². The molecular weight excluding hydrogens is 302 g/mol. The van der Waals surface area contributed by atoms with Gasteiger partial charge in [-0.3, -0.25) is 4.98 Å². The molecular formula is C15H18BrN3. The average Bonchev–Trinajstić information content (AvgIpc) is 2.45. The van der Waals surface area contributed by atoms with Gasteiger partial charge in [0.25, 0.3) is 0 Å². The Kier molecular flexibility index (Phi) is 4.11. The van der Waals surface area contributed by atoms with Gasteiger partial charge in [-0.1, -0.05) is 22.0 Å². The number of rotatable bonds is 3. The zero-order valence-corrected chi connectivity index (χ0v) is 12.5. The molecule has 0 unspecified atom stereocenters. The highest BCUT2D eigenvalue weighted by atomic mass is 79.9. The van der Waals surface area contributed by atoms with Gasteiger partial charge in [-0.25, -0.2) is 0 Å². The minimum Gasteiger partial charge on any atom is -0.314 e. The van der Waals surface area contributed by atoms with Crippen molar-refractivity contribution in [2.45, 2.75) is 6.42 Å². The first-order valence-electron chi connectivity index (χ1n) is 6.79. The summed E-state index contributed by atoms with van der Waals surface area (Å²) in [5.74, 6) is 0. The number of fused-ring (bicyclic) bond motifs is 1. The lowest BCUT2D eigenvalue weighted by atomic mass is 10.1. The van der Waals surface area contributed by atoms with Gasteiger partial charge in [0.05, 0.1) is 5.52 Å². The van der Waals surface area contributed by atoms with Crippen LogP contribution in [0.3, 0.4) is 0 Å². The van der Waals surface area contributed by atoms with E-state index in [1.165, 1.54) is 10.9 Å². The number of nitrogens with zero attached hydrogens (tertiary/aromatic N) is 2.